The SMILES string of the molecule is CC(=O)c1ccc[n+](CC(=O)NCCCc2ccccc2)c1. The Labute approximate surface area is 130 Å². The first-order chi connectivity index (χ1) is 10.6. The molecule has 0 fully saturated rings. The minimum absolute atomic E-state index is 0.00220. The fourth-order valence-corrected chi connectivity index (χ4v) is 2.22. The summed E-state index contributed by atoms with van der Waals surface area (Å²) < 4.78 is 1.73. The van der Waals surface area contributed by atoms with Crippen molar-refractivity contribution in [1.82, 2.24) is 5.32 Å². The second-order valence-electron chi connectivity index (χ2n) is 5.26. The smallest absolute Gasteiger partial charge is 0.285 e. The molecular formula is C18H21N2O2+. The van der Waals surface area contributed by atoms with Crippen LogP contribution in [0.2, 0.25) is 0 Å². The zero-order chi connectivity index (χ0) is 15.8. The highest BCUT2D eigenvalue weighted by Gasteiger charge is 2.11. The van der Waals surface area contributed by atoms with Gasteiger partial charge in [-0.2, -0.15) is 4.57 Å². The number of aromatic nitrogens is 1. The molecule has 0 atom stereocenters. The Bertz CT molecular complexity index is 639. The molecule has 1 aromatic carbocycles. The topological polar surface area (TPSA) is 50.0 Å². The molecule has 0 bridgehead atoms. The molecule has 0 aliphatic carbocycles. The molecule has 4 heteroatoms. The maximum absolute atomic E-state index is 11.9. The fourth-order valence-electron chi connectivity index (χ4n) is 2.22. The van der Waals surface area contributed by atoms with Gasteiger partial charge in [-0.05, 0) is 31.4 Å². The number of carbonyl (C=O) groups is 2. The Morgan fingerprint density at radius 2 is 1.86 bits per heavy atom. The van der Waals surface area contributed by atoms with Crippen molar-refractivity contribution < 1.29 is 14.2 Å². The number of rotatable bonds is 7. The van der Waals surface area contributed by atoms with Crippen molar-refractivity contribution in [3.8, 4) is 0 Å². The van der Waals surface area contributed by atoms with E-state index in [0.29, 0.717) is 12.1 Å². The number of Topliss-reactive ketones (excluding diaryl/α,β-unsaturated/α-hetero) is 1. The summed E-state index contributed by atoms with van der Waals surface area (Å²) in [4.78, 5) is 23.2. The summed E-state index contributed by atoms with van der Waals surface area (Å²) >= 11 is 0. The van der Waals surface area contributed by atoms with Gasteiger partial charge in [-0.15, -0.1) is 0 Å². The summed E-state index contributed by atoms with van der Waals surface area (Å²) in [5.41, 5.74) is 1.89. The third-order valence-electron chi connectivity index (χ3n) is 3.40. The first-order valence-corrected chi connectivity index (χ1v) is 7.46. The zero-order valence-corrected chi connectivity index (χ0v) is 12.8. The first-order valence-electron chi connectivity index (χ1n) is 7.46. The molecule has 2 aromatic rings. The Kier molecular flexibility index (Phi) is 5.83. The summed E-state index contributed by atoms with van der Waals surface area (Å²) in [5, 5.41) is 2.91. The van der Waals surface area contributed by atoms with Gasteiger partial charge in [0.2, 0.25) is 6.54 Å². The lowest BCUT2D eigenvalue weighted by molar-refractivity contribution is -0.684. The zero-order valence-electron chi connectivity index (χ0n) is 12.8. The summed E-state index contributed by atoms with van der Waals surface area (Å²) in [6.07, 6.45) is 5.35. The van der Waals surface area contributed by atoms with E-state index in [0.717, 1.165) is 12.8 Å². The third kappa shape index (κ3) is 5.13. The predicted molar refractivity (Wildman–Crippen MR) is 84.4 cm³/mol. The van der Waals surface area contributed by atoms with Gasteiger partial charge in [-0.25, -0.2) is 0 Å². The molecule has 1 N–H and O–H groups in total. The predicted octanol–water partition coefficient (Wildman–Crippen LogP) is 1.93. The number of hydrogen-bond donors (Lipinski definition) is 1. The second-order valence-corrected chi connectivity index (χ2v) is 5.26. The van der Waals surface area contributed by atoms with Crippen LogP contribution in [0.15, 0.2) is 54.9 Å². The number of pyridine rings is 1. The van der Waals surface area contributed by atoms with Crippen LogP contribution < -0.4 is 9.88 Å². The van der Waals surface area contributed by atoms with Crippen LogP contribution in [0.1, 0.15) is 29.3 Å². The van der Waals surface area contributed by atoms with E-state index in [1.807, 2.05) is 18.2 Å². The van der Waals surface area contributed by atoms with Gasteiger partial charge in [0.15, 0.2) is 18.2 Å². The molecule has 0 radical (unpaired) electrons. The van der Waals surface area contributed by atoms with E-state index in [4.69, 9.17) is 0 Å². The molecule has 4 nitrogen and oxygen atoms in total. The van der Waals surface area contributed by atoms with Crippen LogP contribution in [0.3, 0.4) is 0 Å². The van der Waals surface area contributed by atoms with Crippen molar-refractivity contribution >= 4 is 11.7 Å². The van der Waals surface area contributed by atoms with Crippen molar-refractivity contribution in [3.05, 3.63) is 66.0 Å². The first kappa shape index (κ1) is 15.9. The van der Waals surface area contributed by atoms with E-state index in [1.165, 1.54) is 12.5 Å². The van der Waals surface area contributed by atoms with Gasteiger partial charge in [0.25, 0.3) is 5.91 Å². The van der Waals surface area contributed by atoms with E-state index >= 15 is 0 Å². The third-order valence-corrected chi connectivity index (χ3v) is 3.40. The van der Waals surface area contributed by atoms with Crippen LogP contribution in [-0.4, -0.2) is 18.2 Å². The highest BCUT2D eigenvalue weighted by atomic mass is 16.2. The number of nitrogens with zero attached hydrogens (tertiary/aromatic N) is 1. The summed E-state index contributed by atoms with van der Waals surface area (Å²) in [7, 11) is 0. The number of carbonyl (C=O) groups excluding carboxylic acids is 2. The van der Waals surface area contributed by atoms with Gasteiger partial charge in [0, 0.05) is 12.6 Å². The van der Waals surface area contributed by atoms with E-state index in [2.05, 4.69) is 17.4 Å². The molecule has 114 valence electrons. The maximum atomic E-state index is 11.9. The van der Waals surface area contributed by atoms with E-state index in [9.17, 15) is 9.59 Å². The summed E-state index contributed by atoms with van der Waals surface area (Å²) in [6.45, 7) is 2.40. The van der Waals surface area contributed by atoms with Crippen molar-refractivity contribution in [3.63, 3.8) is 0 Å². The van der Waals surface area contributed by atoms with E-state index in [-0.39, 0.29) is 18.2 Å². The maximum Gasteiger partial charge on any atom is 0.285 e. The Morgan fingerprint density at radius 3 is 2.59 bits per heavy atom. The molecule has 0 spiro atoms. The van der Waals surface area contributed by atoms with Crippen molar-refractivity contribution in [1.29, 1.82) is 0 Å². The van der Waals surface area contributed by atoms with Gasteiger partial charge in [0.1, 0.15) is 0 Å². The number of nitrogens with one attached hydrogen (secondary N) is 1. The molecule has 0 unspecified atom stereocenters. The standard InChI is InChI=1S/C18H20N2O2/c1-15(21)17-10-6-12-20(13-17)14-18(22)19-11-5-9-16-7-3-2-4-8-16/h2-4,6-8,10,12-13H,5,9,11,14H2,1H3/p+1. The normalized spacial score (nSPS) is 10.2. The van der Waals surface area contributed by atoms with Crippen LogP contribution in [-0.2, 0) is 17.8 Å². The molecular weight excluding hydrogens is 276 g/mol. The van der Waals surface area contributed by atoms with Crippen LogP contribution in [0.5, 0.6) is 0 Å². The van der Waals surface area contributed by atoms with E-state index in [1.54, 1.807) is 29.1 Å². The number of ketones is 1. The number of amides is 1. The number of hydrogen-bond acceptors (Lipinski definition) is 2. The molecule has 1 aromatic heterocycles. The lowest BCUT2D eigenvalue weighted by Gasteiger charge is -2.04. The average molecular weight is 297 g/mol. The number of benzene rings is 1. The average Bonchev–Trinajstić information content (AvgIpc) is 2.53. The summed E-state index contributed by atoms with van der Waals surface area (Å²) in [6, 6.07) is 13.7. The minimum atomic E-state index is -0.0428. The lowest BCUT2D eigenvalue weighted by atomic mass is 10.1. The van der Waals surface area contributed by atoms with Crippen molar-refractivity contribution in [2.45, 2.75) is 26.3 Å². The van der Waals surface area contributed by atoms with Gasteiger partial charge in [-0.1, -0.05) is 30.3 Å². The highest BCUT2D eigenvalue weighted by Crippen LogP contribution is 2.01. The van der Waals surface area contributed by atoms with Crippen molar-refractivity contribution in [2.24, 2.45) is 0 Å². The molecule has 0 saturated carbocycles. The van der Waals surface area contributed by atoms with Gasteiger partial charge < -0.3 is 5.32 Å². The highest BCUT2D eigenvalue weighted by molar-refractivity contribution is 5.93. The minimum Gasteiger partial charge on any atom is -0.351 e. The van der Waals surface area contributed by atoms with Crippen molar-refractivity contribution in [2.75, 3.05) is 6.54 Å². The molecule has 22 heavy (non-hydrogen) atoms. The van der Waals surface area contributed by atoms with Crippen LogP contribution in [0, 0.1) is 0 Å². The Balaban J connectivity index is 1.74. The Hall–Kier alpha value is -2.49. The van der Waals surface area contributed by atoms with Crippen LogP contribution in [0.25, 0.3) is 0 Å². The molecule has 1 amide bonds. The quantitative estimate of drug-likeness (QED) is 0.482. The van der Waals surface area contributed by atoms with Gasteiger partial charge in [-0.3, -0.25) is 9.59 Å². The van der Waals surface area contributed by atoms with Gasteiger partial charge >= 0.3 is 0 Å². The van der Waals surface area contributed by atoms with Crippen LogP contribution >= 0.6 is 0 Å². The molecule has 2 rings (SSSR count). The largest absolute Gasteiger partial charge is 0.351 e. The molecule has 0 aliphatic heterocycles. The Morgan fingerprint density at radius 1 is 1.09 bits per heavy atom. The second kappa shape index (κ2) is 8.08. The fraction of sp³-hybridized carbons (Fsp3) is 0.278. The summed E-state index contributed by atoms with van der Waals surface area (Å²) in [5.74, 6) is -0.0450. The van der Waals surface area contributed by atoms with Crippen LogP contribution in [0.4, 0.5) is 0 Å². The molecule has 0 aliphatic rings. The molecule has 1 heterocycles. The number of aryl methyl sites for hydroxylation is 1. The lowest BCUT2D eigenvalue weighted by Crippen LogP contribution is -2.43. The monoisotopic (exact) mass is 297 g/mol. The molecule has 0 saturated heterocycles. The van der Waals surface area contributed by atoms with E-state index < -0.39 is 0 Å². The van der Waals surface area contributed by atoms with Gasteiger partial charge in [0.05, 0.1) is 5.56 Å².